The second-order valence-electron chi connectivity index (χ2n) is 7.36. The summed E-state index contributed by atoms with van der Waals surface area (Å²) in [4.78, 5) is 21.7. The van der Waals surface area contributed by atoms with Gasteiger partial charge in [0.25, 0.3) is 0 Å². The first kappa shape index (κ1) is 21.8. The molecule has 2 N–H and O–H groups in total. The van der Waals surface area contributed by atoms with Gasteiger partial charge >= 0.3 is 0 Å². The monoisotopic (exact) mass is 437 g/mol. The molecular weight excluding hydrogens is 410 g/mol. The first-order valence-corrected chi connectivity index (χ1v) is 10.6. The van der Waals surface area contributed by atoms with Crippen molar-refractivity contribution in [1.29, 1.82) is 0 Å². The molecule has 2 aromatic carbocycles. The van der Waals surface area contributed by atoms with Gasteiger partial charge in [-0.2, -0.15) is 0 Å². The van der Waals surface area contributed by atoms with E-state index >= 15 is 0 Å². The second kappa shape index (κ2) is 10.7. The average Bonchev–Trinajstić information content (AvgIpc) is 2.83. The predicted octanol–water partition coefficient (Wildman–Crippen LogP) is 3.05. The summed E-state index contributed by atoms with van der Waals surface area (Å²) >= 11 is 0. The Morgan fingerprint density at radius 1 is 1.09 bits per heavy atom. The van der Waals surface area contributed by atoms with Crippen molar-refractivity contribution in [1.82, 2.24) is 14.9 Å². The Bertz CT molecular complexity index is 1040. The van der Waals surface area contributed by atoms with Crippen LogP contribution in [-0.4, -0.2) is 67.8 Å². The number of ether oxygens (including phenoxy) is 3. The highest BCUT2D eigenvalue weighted by atomic mass is 16.5. The topological polar surface area (TPSA) is 97.8 Å². The second-order valence-corrected chi connectivity index (χ2v) is 7.36. The third kappa shape index (κ3) is 5.43. The molecule has 168 valence electrons. The van der Waals surface area contributed by atoms with Crippen molar-refractivity contribution in [2.75, 3.05) is 57.2 Å². The molecule has 1 aliphatic rings. The van der Waals surface area contributed by atoms with Gasteiger partial charge in [0, 0.05) is 42.5 Å². The molecule has 1 aliphatic heterocycles. The number of aromatic nitrogens is 2. The maximum atomic E-state index is 10.6. The summed E-state index contributed by atoms with van der Waals surface area (Å²) in [7, 11) is 1.62. The van der Waals surface area contributed by atoms with Gasteiger partial charge in [0.15, 0.2) is 11.5 Å². The van der Waals surface area contributed by atoms with E-state index in [1.165, 1.54) is 6.33 Å². The molecule has 0 radical (unpaired) electrons. The number of hydrogen-bond donors (Lipinski definition) is 2. The summed E-state index contributed by atoms with van der Waals surface area (Å²) in [6.07, 6.45) is 3.09. The van der Waals surface area contributed by atoms with Crippen molar-refractivity contribution < 1.29 is 19.0 Å². The number of amides is 1. The minimum atomic E-state index is 0.594. The summed E-state index contributed by atoms with van der Waals surface area (Å²) in [6, 6.07) is 11.1. The number of morpholine rings is 1. The van der Waals surface area contributed by atoms with E-state index in [4.69, 9.17) is 14.2 Å². The lowest BCUT2D eigenvalue weighted by molar-refractivity contribution is -0.105. The number of hydrogen-bond acceptors (Lipinski definition) is 8. The molecule has 2 heterocycles. The lowest BCUT2D eigenvalue weighted by Crippen LogP contribution is -2.37. The summed E-state index contributed by atoms with van der Waals surface area (Å²) < 4.78 is 17.0. The minimum absolute atomic E-state index is 0.594. The van der Waals surface area contributed by atoms with Crippen LogP contribution in [0.1, 0.15) is 6.42 Å². The Morgan fingerprint density at radius 2 is 1.88 bits per heavy atom. The summed E-state index contributed by atoms with van der Waals surface area (Å²) in [6.45, 7) is 5.13. The minimum Gasteiger partial charge on any atom is -0.493 e. The van der Waals surface area contributed by atoms with Crippen LogP contribution < -0.4 is 20.1 Å². The number of anilines is 3. The molecule has 1 aromatic heterocycles. The van der Waals surface area contributed by atoms with E-state index in [1.807, 2.05) is 36.4 Å². The van der Waals surface area contributed by atoms with Crippen molar-refractivity contribution in [2.45, 2.75) is 6.42 Å². The molecule has 0 aliphatic carbocycles. The highest BCUT2D eigenvalue weighted by Crippen LogP contribution is 2.34. The van der Waals surface area contributed by atoms with E-state index < -0.39 is 0 Å². The van der Waals surface area contributed by atoms with E-state index in [2.05, 4.69) is 25.5 Å². The first-order chi connectivity index (χ1) is 15.8. The van der Waals surface area contributed by atoms with E-state index in [1.54, 1.807) is 7.11 Å². The SMILES string of the molecule is COc1cc2c(Nc3ccc(NC=O)cc3)ncnc2cc1OCCCN1CCOCC1. The standard InChI is InChI=1S/C23H27N5O4/c1-30-21-13-19-20(14-22(21)32-10-2-7-28-8-11-31-12-9-28)24-15-25-23(19)27-18-5-3-17(4-6-18)26-16-29/h3-6,13-16H,2,7-12H2,1H3,(H,26,29)(H,24,25,27). The van der Waals surface area contributed by atoms with Crippen molar-refractivity contribution in [3.05, 3.63) is 42.7 Å². The molecule has 0 saturated carbocycles. The Hall–Kier alpha value is -3.43. The number of nitrogens with one attached hydrogen (secondary N) is 2. The average molecular weight is 438 g/mol. The molecule has 0 bridgehead atoms. The van der Waals surface area contributed by atoms with Crippen LogP contribution in [0.4, 0.5) is 17.2 Å². The van der Waals surface area contributed by atoms with Crippen LogP contribution in [0.25, 0.3) is 10.9 Å². The van der Waals surface area contributed by atoms with Crippen LogP contribution >= 0.6 is 0 Å². The van der Waals surface area contributed by atoms with Gasteiger partial charge in [-0.25, -0.2) is 9.97 Å². The fourth-order valence-electron chi connectivity index (χ4n) is 3.59. The zero-order valence-corrected chi connectivity index (χ0v) is 18.0. The molecule has 1 amide bonds. The smallest absolute Gasteiger partial charge is 0.211 e. The molecule has 0 spiro atoms. The number of nitrogens with zero attached hydrogens (tertiary/aromatic N) is 3. The van der Waals surface area contributed by atoms with Crippen LogP contribution in [0.5, 0.6) is 11.5 Å². The van der Waals surface area contributed by atoms with Crippen LogP contribution in [0.3, 0.4) is 0 Å². The fraction of sp³-hybridized carbons (Fsp3) is 0.348. The Morgan fingerprint density at radius 3 is 2.62 bits per heavy atom. The lowest BCUT2D eigenvalue weighted by Gasteiger charge is -2.26. The first-order valence-electron chi connectivity index (χ1n) is 10.6. The number of benzene rings is 2. The van der Waals surface area contributed by atoms with E-state index in [0.29, 0.717) is 30.3 Å². The maximum Gasteiger partial charge on any atom is 0.211 e. The van der Waals surface area contributed by atoms with Crippen molar-refractivity contribution >= 4 is 34.5 Å². The van der Waals surface area contributed by atoms with Crippen LogP contribution in [0, 0.1) is 0 Å². The van der Waals surface area contributed by atoms with Crippen molar-refractivity contribution in [3.8, 4) is 11.5 Å². The largest absolute Gasteiger partial charge is 0.493 e. The molecule has 4 rings (SSSR count). The highest BCUT2D eigenvalue weighted by molar-refractivity contribution is 5.93. The van der Waals surface area contributed by atoms with Gasteiger partial charge in [-0.3, -0.25) is 9.69 Å². The van der Waals surface area contributed by atoms with Gasteiger partial charge in [0.1, 0.15) is 12.1 Å². The number of rotatable bonds is 10. The van der Waals surface area contributed by atoms with Gasteiger partial charge in [-0.05, 0) is 36.8 Å². The molecule has 0 atom stereocenters. The van der Waals surface area contributed by atoms with E-state index in [-0.39, 0.29) is 0 Å². The lowest BCUT2D eigenvalue weighted by atomic mass is 10.2. The summed E-state index contributed by atoms with van der Waals surface area (Å²) in [5, 5.41) is 6.73. The molecule has 9 nitrogen and oxygen atoms in total. The Balaban J connectivity index is 1.45. The third-order valence-corrected chi connectivity index (χ3v) is 5.27. The Kier molecular flexibility index (Phi) is 7.31. The molecular formula is C23H27N5O4. The zero-order chi connectivity index (χ0) is 22.2. The normalized spacial score (nSPS) is 14.2. The van der Waals surface area contributed by atoms with E-state index in [0.717, 1.165) is 61.5 Å². The van der Waals surface area contributed by atoms with Crippen molar-refractivity contribution in [3.63, 3.8) is 0 Å². The van der Waals surface area contributed by atoms with Crippen molar-refractivity contribution in [2.24, 2.45) is 0 Å². The highest BCUT2D eigenvalue weighted by Gasteiger charge is 2.13. The quantitative estimate of drug-likeness (QED) is 0.369. The van der Waals surface area contributed by atoms with Gasteiger partial charge < -0.3 is 24.8 Å². The van der Waals surface area contributed by atoms with Gasteiger partial charge in [-0.1, -0.05) is 0 Å². The van der Waals surface area contributed by atoms with Gasteiger partial charge in [0.05, 0.1) is 32.4 Å². The van der Waals surface area contributed by atoms with Gasteiger partial charge in [-0.15, -0.1) is 0 Å². The third-order valence-electron chi connectivity index (χ3n) is 5.27. The fourth-order valence-corrected chi connectivity index (χ4v) is 3.59. The number of fused-ring (bicyclic) bond motifs is 1. The zero-order valence-electron chi connectivity index (χ0n) is 18.0. The van der Waals surface area contributed by atoms with E-state index in [9.17, 15) is 4.79 Å². The summed E-state index contributed by atoms with van der Waals surface area (Å²) in [5.41, 5.74) is 2.31. The molecule has 1 saturated heterocycles. The van der Waals surface area contributed by atoms with Crippen LogP contribution in [0.2, 0.25) is 0 Å². The molecule has 3 aromatic rings. The van der Waals surface area contributed by atoms with Crippen LogP contribution in [0.15, 0.2) is 42.7 Å². The molecule has 0 unspecified atom stereocenters. The van der Waals surface area contributed by atoms with Gasteiger partial charge in [0.2, 0.25) is 6.41 Å². The number of carbonyl (C=O) groups is 1. The number of methoxy groups -OCH3 is 1. The molecule has 1 fully saturated rings. The molecule has 9 heteroatoms. The maximum absolute atomic E-state index is 10.6. The Labute approximate surface area is 186 Å². The molecule has 32 heavy (non-hydrogen) atoms. The van der Waals surface area contributed by atoms with Crippen LogP contribution in [-0.2, 0) is 9.53 Å². The number of carbonyl (C=O) groups excluding carboxylic acids is 1. The summed E-state index contributed by atoms with van der Waals surface area (Å²) in [5.74, 6) is 1.95. The predicted molar refractivity (Wildman–Crippen MR) is 123 cm³/mol.